The summed E-state index contributed by atoms with van der Waals surface area (Å²) >= 11 is 0. The van der Waals surface area contributed by atoms with E-state index in [1.165, 1.54) is 0 Å². The summed E-state index contributed by atoms with van der Waals surface area (Å²) in [4.78, 5) is 18.1. The van der Waals surface area contributed by atoms with Gasteiger partial charge in [0.15, 0.2) is 5.76 Å². The van der Waals surface area contributed by atoms with Crippen molar-refractivity contribution >= 4 is 5.91 Å². The van der Waals surface area contributed by atoms with Crippen LogP contribution in [0, 0.1) is 6.92 Å². The molecule has 1 aliphatic heterocycles. The fourth-order valence-corrected chi connectivity index (χ4v) is 3.07. The molecule has 0 aromatic carbocycles. The van der Waals surface area contributed by atoms with Crippen molar-refractivity contribution in [2.75, 3.05) is 6.54 Å². The SMILES string of the molecule is CCC1=C(O)C(=O)N(CCCn2ccnc2)C1c1ccc(C)o1. The molecule has 2 aromatic rings. The number of hydrogen-bond donors (Lipinski definition) is 1. The summed E-state index contributed by atoms with van der Waals surface area (Å²) in [7, 11) is 0. The summed E-state index contributed by atoms with van der Waals surface area (Å²) in [5, 5.41) is 10.2. The molecule has 3 heterocycles. The first kappa shape index (κ1) is 15.4. The van der Waals surface area contributed by atoms with E-state index < -0.39 is 0 Å². The number of aliphatic hydroxyl groups excluding tert-OH is 1. The Hall–Kier alpha value is -2.50. The minimum atomic E-state index is -0.313. The van der Waals surface area contributed by atoms with Gasteiger partial charge in [0.25, 0.3) is 5.91 Å². The molecule has 3 rings (SSSR count). The predicted molar refractivity (Wildman–Crippen MR) is 84.7 cm³/mol. The molecule has 6 heteroatoms. The Morgan fingerprint density at radius 1 is 1.35 bits per heavy atom. The summed E-state index contributed by atoms with van der Waals surface area (Å²) in [6.45, 7) is 5.14. The van der Waals surface area contributed by atoms with Crippen molar-refractivity contribution in [2.45, 2.75) is 39.3 Å². The lowest BCUT2D eigenvalue weighted by atomic mass is 10.0. The molecule has 0 fully saturated rings. The molecule has 0 saturated heterocycles. The first-order valence-electron chi connectivity index (χ1n) is 7.87. The number of imidazole rings is 1. The third-order valence-electron chi connectivity index (χ3n) is 4.20. The van der Waals surface area contributed by atoms with Gasteiger partial charge in [-0.3, -0.25) is 4.79 Å². The van der Waals surface area contributed by atoms with Crippen LogP contribution in [-0.4, -0.2) is 32.0 Å². The van der Waals surface area contributed by atoms with Crippen LogP contribution >= 0.6 is 0 Å². The van der Waals surface area contributed by atoms with Crippen molar-refractivity contribution in [3.05, 3.63) is 53.7 Å². The Labute approximate surface area is 135 Å². The lowest BCUT2D eigenvalue weighted by molar-refractivity contribution is -0.129. The van der Waals surface area contributed by atoms with E-state index in [4.69, 9.17) is 4.42 Å². The van der Waals surface area contributed by atoms with Gasteiger partial charge < -0.3 is 19.0 Å². The van der Waals surface area contributed by atoms with E-state index in [9.17, 15) is 9.90 Å². The van der Waals surface area contributed by atoms with E-state index in [0.29, 0.717) is 18.7 Å². The van der Waals surface area contributed by atoms with Gasteiger partial charge in [-0.05, 0) is 31.9 Å². The van der Waals surface area contributed by atoms with Crippen LogP contribution in [0.1, 0.15) is 37.3 Å². The number of rotatable bonds is 6. The zero-order valence-corrected chi connectivity index (χ0v) is 13.4. The van der Waals surface area contributed by atoms with E-state index in [2.05, 4.69) is 4.98 Å². The van der Waals surface area contributed by atoms with Gasteiger partial charge in [0.2, 0.25) is 0 Å². The highest BCUT2D eigenvalue weighted by Gasteiger charge is 2.40. The molecule has 1 N–H and O–H groups in total. The van der Waals surface area contributed by atoms with Gasteiger partial charge in [-0.15, -0.1) is 0 Å². The molecule has 0 radical (unpaired) electrons. The second kappa shape index (κ2) is 6.32. The number of carbonyl (C=O) groups is 1. The average Bonchev–Trinajstić information content (AvgIpc) is 3.24. The van der Waals surface area contributed by atoms with E-state index in [0.717, 1.165) is 24.3 Å². The van der Waals surface area contributed by atoms with Crippen LogP contribution in [0.4, 0.5) is 0 Å². The quantitative estimate of drug-likeness (QED) is 0.889. The van der Waals surface area contributed by atoms with E-state index in [1.807, 2.05) is 36.7 Å². The largest absolute Gasteiger partial charge is 0.503 e. The molecule has 6 nitrogen and oxygen atoms in total. The zero-order valence-electron chi connectivity index (χ0n) is 13.4. The van der Waals surface area contributed by atoms with E-state index in [-0.39, 0.29) is 17.7 Å². The first-order valence-corrected chi connectivity index (χ1v) is 7.87. The number of carbonyl (C=O) groups excluding carboxylic acids is 1. The number of furan rings is 1. The molecular weight excluding hydrogens is 294 g/mol. The Balaban J connectivity index is 1.78. The van der Waals surface area contributed by atoms with Crippen molar-refractivity contribution in [3.8, 4) is 0 Å². The summed E-state index contributed by atoms with van der Waals surface area (Å²) in [6, 6.07) is 3.46. The molecule has 2 aromatic heterocycles. The number of aliphatic hydroxyl groups is 1. The van der Waals surface area contributed by atoms with Crippen molar-refractivity contribution in [1.29, 1.82) is 0 Å². The standard InChI is InChI=1S/C17H21N3O3/c1-3-13-15(14-6-5-12(2)23-14)20(17(22)16(13)21)9-4-8-19-10-7-18-11-19/h5-7,10-11,15,21H,3-4,8-9H2,1-2H3. The molecule has 0 aliphatic carbocycles. The maximum absolute atomic E-state index is 12.4. The monoisotopic (exact) mass is 315 g/mol. The van der Waals surface area contributed by atoms with Crippen molar-refractivity contribution in [2.24, 2.45) is 0 Å². The third-order valence-corrected chi connectivity index (χ3v) is 4.20. The second-order valence-corrected chi connectivity index (χ2v) is 5.73. The third kappa shape index (κ3) is 2.88. The highest BCUT2D eigenvalue weighted by atomic mass is 16.3. The smallest absolute Gasteiger partial charge is 0.289 e. The molecule has 23 heavy (non-hydrogen) atoms. The Bertz CT molecular complexity index is 715. The minimum absolute atomic E-state index is 0.130. The van der Waals surface area contributed by atoms with Gasteiger partial charge in [-0.2, -0.15) is 0 Å². The summed E-state index contributed by atoms with van der Waals surface area (Å²) in [5.74, 6) is 1.06. The summed E-state index contributed by atoms with van der Waals surface area (Å²) in [5.41, 5.74) is 0.729. The normalized spacial score (nSPS) is 18.3. The molecule has 0 spiro atoms. The van der Waals surface area contributed by atoms with Crippen molar-refractivity contribution in [1.82, 2.24) is 14.5 Å². The molecule has 1 unspecified atom stereocenters. The molecule has 1 amide bonds. The predicted octanol–water partition coefficient (Wildman–Crippen LogP) is 2.98. The number of hydrogen-bond acceptors (Lipinski definition) is 4. The van der Waals surface area contributed by atoms with Gasteiger partial charge in [0.05, 0.1) is 6.33 Å². The molecule has 1 aliphatic rings. The fraction of sp³-hybridized carbons (Fsp3) is 0.412. The van der Waals surface area contributed by atoms with Crippen molar-refractivity contribution < 1.29 is 14.3 Å². The minimum Gasteiger partial charge on any atom is -0.503 e. The summed E-state index contributed by atoms with van der Waals surface area (Å²) in [6.07, 6.45) is 6.78. The topological polar surface area (TPSA) is 71.5 Å². The highest BCUT2D eigenvalue weighted by molar-refractivity contribution is 5.95. The Morgan fingerprint density at radius 3 is 2.78 bits per heavy atom. The second-order valence-electron chi connectivity index (χ2n) is 5.73. The number of aryl methyl sites for hydroxylation is 2. The van der Waals surface area contributed by atoms with E-state index in [1.54, 1.807) is 17.4 Å². The van der Waals surface area contributed by atoms with Gasteiger partial charge >= 0.3 is 0 Å². The van der Waals surface area contributed by atoms with Crippen LogP contribution in [0.5, 0.6) is 0 Å². The van der Waals surface area contributed by atoms with Crippen LogP contribution in [0.15, 0.2) is 46.6 Å². The number of nitrogens with zero attached hydrogens (tertiary/aromatic N) is 3. The molecular formula is C17H21N3O3. The maximum Gasteiger partial charge on any atom is 0.289 e. The molecule has 1 atom stereocenters. The molecule has 0 bridgehead atoms. The first-order chi connectivity index (χ1) is 11.1. The van der Waals surface area contributed by atoms with Crippen LogP contribution in [0.3, 0.4) is 0 Å². The van der Waals surface area contributed by atoms with Gasteiger partial charge in [0.1, 0.15) is 17.6 Å². The van der Waals surface area contributed by atoms with Crippen LogP contribution < -0.4 is 0 Å². The summed E-state index contributed by atoms with van der Waals surface area (Å²) < 4.78 is 7.70. The van der Waals surface area contributed by atoms with Gasteiger partial charge in [-0.25, -0.2) is 4.98 Å². The molecule has 0 saturated carbocycles. The van der Waals surface area contributed by atoms with Crippen LogP contribution in [0.2, 0.25) is 0 Å². The van der Waals surface area contributed by atoms with Gasteiger partial charge in [-0.1, -0.05) is 6.92 Å². The van der Waals surface area contributed by atoms with Crippen molar-refractivity contribution in [3.63, 3.8) is 0 Å². The lowest BCUT2D eigenvalue weighted by Gasteiger charge is -2.25. The average molecular weight is 315 g/mol. The molecule has 122 valence electrons. The van der Waals surface area contributed by atoms with Crippen LogP contribution in [0.25, 0.3) is 0 Å². The van der Waals surface area contributed by atoms with Crippen LogP contribution in [-0.2, 0) is 11.3 Å². The maximum atomic E-state index is 12.4. The number of amides is 1. The number of aromatic nitrogens is 2. The van der Waals surface area contributed by atoms with Gasteiger partial charge in [0, 0.05) is 31.1 Å². The lowest BCUT2D eigenvalue weighted by Crippen LogP contribution is -2.31. The zero-order chi connectivity index (χ0) is 16.4. The highest BCUT2D eigenvalue weighted by Crippen LogP contribution is 2.39. The van der Waals surface area contributed by atoms with E-state index >= 15 is 0 Å². The Morgan fingerprint density at radius 2 is 2.17 bits per heavy atom. The Kier molecular flexibility index (Phi) is 4.23. The fourth-order valence-electron chi connectivity index (χ4n) is 3.07.